The molecule has 0 aliphatic heterocycles. The highest BCUT2D eigenvalue weighted by Crippen LogP contribution is 2.16. The first-order chi connectivity index (χ1) is 15.8. The van der Waals surface area contributed by atoms with Gasteiger partial charge in [-0.15, -0.1) is 0 Å². The molecule has 0 saturated heterocycles. The SMILES string of the molecule is N#CNC(=NCCCCCCCCCCCCOc1ccccc1F)Nc1ccncc1. The van der Waals surface area contributed by atoms with E-state index < -0.39 is 0 Å². The molecule has 0 aliphatic rings. The Morgan fingerprint density at radius 1 is 0.906 bits per heavy atom. The van der Waals surface area contributed by atoms with Crippen LogP contribution in [0.4, 0.5) is 10.1 Å². The zero-order valence-corrected chi connectivity index (χ0v) is 18.7. The second-order valence-electron chi connectivity index (χ2n) is 7.64. The van der Waals surface area contributed by atoms with Crippen LogP contribution in [0.25, 0.3) is 0 Å². The van der Waals surface area contributed by atoms with E-state index in [2.05, 4.69) is 20.6 Å². The average Bonchev–Trinajstić information content (AvgIpc) is 2.81. The summed E-state index contributed by atoms with van der Waals surface area (Å²) < 4.78 is 18.9. The number of nitriles is 1. The lowest BCUT2D eigenvalue weighted by Gasteiger charge is -2.07. The van der Waals surface area contributed by atoms with Gasteiger partial charge in [-0.1, -0.05) is 63.5 Å². The van der Waals surface area contributed by atoms with Gasteiger partial charge in [0.15, 0.2) is 17.8 Å². The fourth-order valence-corrected chi connectivity index (χ4v) is 3.30. The molecule has 0 aliphatic carbocycles. The summed E-state index contributed by atoms with van der Waals surface area (Å²) in [5.74, 6) is 0.527. The Morgan fingerprint density at radius 2 is 1.53 bits per heavy atom. The Kier molecular flexibility index (Phi) is 13.0. The van der Waals surface area contributed by atoms with E-state index in [0.29, 0.717) is 24.9 Å². The summed E-state index contributed by atoms with van der Waals surface area (Å²) in [6, 6.07) is 10.2. The molecule has 2 rings (SSSR count). The first-order valence-electron chi connectivity index (χ1n) is 11.5. The van der Waals surface area contributed by atoms with Crippen molar-refractivity contribution >= 4 is 11.6 Å². The third-order valence-corrected chi connectivity index (χ3v) is 5.03. The molecule has 172 valence electrons. The third-order valence-electron chi connectivity index (χ3n) is 5.03. The summed E-state index contributed by atoms with van der Waals surface area (Å²) in [7, 11) is 0. The predicted molar refractivity (Wildman–Crippen MR) is 127 cm³/mol. The minimum Gasteiger partial charge on any atom is -0.491 e. The van der Waals surface area contributed by atoms with Gasteiger partial charge in [-0.05, 0) is 37.1 Å². The van der Waals surface area contributed by atoms with Crippen molar-refractivity contribution in [1.29, 1.82) is 5.26 Å². The quantitative estimate of drug-likeness (QED) is 0.116. The summed E-state index contributed by atoms with van der Waals surface area (Å²) in [6.07, 6.45) is 17.0. The van der Waals surface area contributed by atoms with E-state index in [1.807, 2.05) is 18.3 Å². The lowest BCUT2D eigenvalue weighted by atomic mass is 10.1. The normalized spacial score (nSPS) is 11.1. The monoisotopic (exact) mass is 439 g/mol. The number of para-hydroxylation sites is 1. The number of rotatable bonds is 15. The molecule has 7 heteroatoms. The highest BCUT2D eigenvalue weighted by atomic mass is 19.1. The summed E-state index contributed by atoms with van der Waals surface area (Å²) in [5.41, 5.74) is 0.846. The van der Waals surface area contributed by atoms with Gasteiger partial charge in [-0.3, -0.25) is 15.3 Å². The van der Waals surface area contributed by atoms with Crippen LogP contribution in [0.15, 0.2) is 53.8 Å². The van der Waals surface area contributed by atoms with Crippen LogP contribution in [0, 0.1) is 17.3 Å². The zero-order valence-electron chi connectivity index (χ0n) is 18.7. The standard InChI is InChI=1S/C25H34FN5O/c26-23-13-9-10-14-24(23)32-20-12-8-6-4-2-1-3-5-7-11-17-29-25(30-21-27)31-22-15-18-28-19-16-22/h9-10,13-16,18-19H,1-8,11-12,17,20H2,(H2,28,29,30,31). The predicted octanol–water partition coefficient (Wildman–Crippen LogP) is 6.04. The van der Waals surface area contributed by atoms with Gasteiger partial charge in [0.05, 0.1) is 6.61 Å². The van der Waals surface area contributed by atoms with Crippen molar-refractivity contribution in [2.24, 2.45) is 4.99 Å². The molecule has 1 aromatic carbocycles. The fraction of sp³-hybridized carbons (Fsp3) is 0.480. The smallest absolute Gasteiger partial charge is 0.209 e. The minimum atomic E-state index is -0.291. The van der Waals surface area contributed by atoms with E-state index in [9.17, 15) is 4.39 Å². The first kappa shape index (κ1) is 25.1. The maximum Gasteiger partial charge on any atom is 0.209 e. The highest BCUT2D eigenvalue weighted by Gasteiger charge is 2.01. The van der Waals surface area contributed by atoms with E-state index >= 15 is 0 Å². The second kappa shape index (κ2) is 16.5. The number of unbranched alkanes of at least 4 members (excludes halogenated alkanes) is 9. The number of nitrogens with zero attached hydrogens (tertiary/aromatic N) is 3. The molecule has 0 fully saturated rings. The van der Waals surface area contributed by atoms with Gasteiger partial charge in [0.25, 0.3) is 0 Å². The van der Waals surface area contributed by atoms with Crippen molar-refractivity contribution in [2.75, 3.05) is 18.5 Å². The Morgan fingerprint density at radius 3 is 2.19 bits per heavy atom. The van der Waals surface area contributed by atoms with Crippen LogP contribution >= 0.6 is 0 Å². The van der Waals surface area contributed by atoms with Crippen LogP contribution in [0.1, 0.15) is 64.2 Å². The molecule has 0 spiro atoms. The van der Waals surface area contributed by atoms with Gasteiger partial charge >= 0.3 is 0 Å². The first-order valence-corrected chi connectivity index (χ1v) is 11.5. The van der Waals surface area contributed by atoms with Crippen molar-refractivity contribution < 1.29 is 9.13 Å². The van der Waals surface area contributed by atoms with Crippen molar-refractivity contribution in [3.63, 3.8) is 0 Å². The second-order valence-corrected chi connectivity index (χ2v) is 7.64. The van der Waals surface area contributed by atoms with Crippen molar-refractivity contribution in [3.8, 4) is 11.9 Å². The number of ether oxygens (including phenoxy) is 1. The number of halogens is 1. The third kappa shape index (κ3) is 11.3. The maximum atomic E-state index is 13.4. The lowest BCUT2D eigenvalue weighted by Crippen LogP contribution is -2.27. The van der Waals surface area contributed by atoms with Crippen LogP contribution < -0.4 is 15.4 Å². The van der Waals surface area contributed by atoms with Gasteiger partial charge in [-0.2, -0.15) is 5.26 Å². The topological polar surface area (TPSA) is 82.3 Å². The summed E-state index contributed by atoms with van der Waals surface area (Å²) in [5, 5.41) is 14.5. The number of pyridine rings is 1. The molecule has 2 N–H and O–H groups in total. The molecule has 1 heterocycles. The lowest BCUT2D eigenvalue weighted by molar-refractivity contribution is 0.290. The maximum absolute atomic E-state index is 13.4. The van der Waals surface area contributed by atoms with Crippen LogP contribution in [0.3, 0.4) is 0 Å². The average molecular weight is 440 g/mol. The number of benzene rings is 1. The van der Waals surface area contributed by atoms with Gasteiger partial charge in [0.2, 0.25) is 5.96 Å². The van der Waals surface area contributed by atoms with Crippen molar-refractivity contribution in [1.82, 2.24) is 10.3 Å². The van der Waals surface area contributed by atoms with E-state index in [1.165, 1.54) is 44.6 Å². The van der Waals surface area contributed by atoms with Crippen LogP contribution in [0.5, 0.6) is 5.75 Å². The number of guanidine groups is 1. The minimum absolute atomic E-state index is 0.291. The van der Waals surface area contributed by atoms with E-state index in [-0.39, 0.29) is 5.82 Å². The molecule has 2 aromatic rings. The van der Waals surface area contributed by atoms with Crippen LogP contribution in [-0.4, -0.2) is 24.1 Å². The number of aliphatic imine (C=N–C) groups is 1. The van der Waals surface area contributed by atoms with Crippen LogP contribution in [0.2, 0.25) is 0 Å². The largest absolute Gasteiger partial charge is 0.491 e. The number of anilines is 1. The molecule has 0 atom stereocenters. The van der Waals surface area contributed by atoms with Gasteiger partial charge in [0, 0.05) is 24.6 Å². The summed E-state index contributed by atoms with van der Waals surface area (Å²) in [6.45, 7) is 1.27. The molecule has 0 saturated carbocycles. The summed E-state index contributed by atoms with van der Waals surface area (Å²) >= 11 is 0. The Bertz CT molecular complexity index is 823. The van der Waals surface area contributed by atoms with E-state index in [1.54, 1.807) is 30.6 Å². The van der Waals surface area contributed by atoms with Crippen molar-refractivity contribution in [2.45, 2.75) is 64.2 Å². The van der Waals surface area contributed by atoms with E-state index in [4.69, 9.17) is 10.00 Å². The van der Waals surface area contributed by atoms with Gasteiger partial charge in [-0.25, -0.2) is 4.39 Å². The van der Waals surface area contributed by atoms with E-state index in [0.717, 1.165) is 31.4 Å². The molecular formula is C25H34FN5O. The van der Waals surface area contributed by atoms with Crippen molar-refractivity contribution in [3.05, 3.63) is 54.6 Å². The molecule has 32 heavy (non-hydrogen) atoms. The molecule has 6 nitrogen and oxygen atoms in total. The van der Waals surface area contributed by atoms with Gasteiger partial charge in [0.1, 0.15) is 0 Å². The Labute approximate surface area is 190 Å². The number of nitrogens with one attached hydrogen (secondary N) is 2. The molecule has 0 bridgehead atoms. The molecule has 1 aromatic heterocycles. The number of aromatic nitrogens is 1. The summed E-state index contributed by atoms with van der Waals surface area (Å²) in [4.78, 5) is 8.41. The van der Waals surface area contributed by atoms with Gasteiger partial charge < -0.3 is 10.1 Å². The molecule has 0 unspecified atom stereocenters. The fourth-order valence-electron chi connectivity index (χ4n) is 3.30. The van der Waals surface area contributed by atoms with Crippen LogP contribution in [-0.2, 0) is 0 Å². The zero-order chi connectivity index (χ0) is 22.7. The highest BCUT2D eigenvalue weighted by molar-refractivity contribution is 5.94. The Hall–Kier alpha value is -3.14. The molecule has 0 amide bonds. The number of hydrogen-bond donors (Lipinski definition) is 2. The molecular weight excluding hydrogens is 405 g/mol. The Balaban J connectivity index is 1.40. The molecule has 0 radical (unpaired) electrons. The number of hydrogen-bond acceptors (Lipinski definition) is 4.